The van der Waals surface area contributed by atoms with Gasteiger partial charge in [0.15, 0.2) is 0 Å². The number of nitrogens with zero attached hydrogens (tertiary/aromatic N) is 2. The Morgan fingerprint density at radius 1 is 1.25 bits per heavy atom. The van der Waals surface area contributed by atoms with Crippen LogP contribution in [0.25, 0.3) is 0 Å². The van der Waals surface area contributed by atoms with Gasteiger partial charge in [-0.1, -0.05) is 15.9 Å². The molecule has 2 aliphatic rings. The van der Waals surface area contributed by atoms with Crippen LogP contribution in [-0.4, -0.2) is 36.9 Å². The van der Waals surface area contributed by atoms with Gasteiger partial charge in [0.1, 0.15) is 0 Å². The van der Waals surface area contributed by atoms with Crippen molar-refractivity contribution in [2.24, 2.45) is 0 Å². The van der Waals surface area contributed by atoms with Gasteiger partial charge >= 0.3 is 0 Å². The van der Waals surface area contributed by atoms with E-state index in [4.69, 9.17) is 0 Å². The van der Waals surface area contributed by atoms with Crippen molar-refractivity contribution in [2.75, 3.05) is 25.0 Å². The summed E-state index contributed by atoms with van der Waals surface area (Å²) in [6.07, 6.45) is -0.309. The third-order valence-electron chi connectivity index (χ3n) is 3.97. The number of anilines is 1. The van der Waals surface area contributed by atoms with Crippen molar-refractivity contribution in [1.82, 2.24) is 4.90 Å². The Hall–Kier alpha value is -1.17. The number of carbonyl (C=O) groups excluding carboxylic acids is 1. The molecule has 1 amide bonds. The fourth-order valence-electron chi connectivity index (χ4n) is 2.86. The number of benzene rings is 1. The molecule has 0 spiro atoms. The maximum atomic E-state index is 13.3. The normalized spacial score (nSPS) is 21.3. The standard InChI is InChI=1S/C14H15BrF2N2O/c1-18-8-9-6-10(15)7-11(12(9)13(18)20)19-4-2-14(16,17)3-5-19/h6-7H,2-5,8H2,1H3. The summed E-state index contributed by atoms with van der Waals surface area (Å²) < 4.78 is 27.4. The van der Waals surface area contributed by atoms with E-state index >= 15 is 0 Å². The molecule has 0 aromatic heterocycles. The first-order valence-electron chi connectivity index (χ1n) is 6.58. The number of carbonyl (C=O) groups is 1. The molecular formula is C14H15BrF2N2O. The van der Waals surface area contributed by atoms with Crippen LogP contribution >= 0.6 is 15.9 Å². The summed E-state index contributed by atoms with van der Waals surface area (Å²) in [5.74, 6) is -2.60. The van der Waals surface area contributed by atoms with Gasteiger partial charge in [-0.15, -0.1) is 0 Å². The maximum Gasteiger partial charge on any atom is 0.256 e. The molecule has 6 heteroatoms. The number of hydrogen-bond donors (Lipinski definition) is 0. The Labute approximate surface area is 124 Å². The predicted octanol–water partition coefficient (Wildman–Crippen LogP) is 3.27. The van der Waals surface area contributed by atoms with Gasteiger partial charge in [0.2, 0.25) is 0 Å². The van der Waals surface area contributed by atoms with Gasteiger partial charge in [-0.3, -0.25) is 4.79 Å². The summed E-state index contributed by atoms with van der Waals surface area (Å²) in [4.78, 5) is 15.8. The average molecular weight is 345 g/mol. The largest absolute Gasteiger partial charge is 0.370 e. The molecule has 3 nitrogen and oxygen atoms in total. The summed E-state index contributed by atoms with van der Waals surface area (Å²) in [7, 11) is 1.75. The molecule has 0 N–H and O–H groups in total. The third-order valence-corrected chi connectivity index (χ3v) is 4.43. The zero-order chi connectivity index (χ0) is 14.5. The summed E-state index contributed by atoms with van der Waals surface area (Å²) in [5.41, 5.74) is 2.40. The van der Waals surface area contributed by atoms with Crippen LogP contribution in [0, 0.1) is 0 Å². The van der Waals surface area contributed by atoms with Crippen LogP contribution in [-0.2, 0) is 6.54 Å². The summed E-state index contributed by atoms with van der Waals surface area (Å²) in [6.45, 7) is 1.14. The molecule has 1 fully saturated rings. The molecule has 0 saturated carbocycles. The minimum Gasteiger partial charge on any atom is -0.370 e. The number of rotatable bonds is 1. The van der Waals surface area contributed by atoms with Crippen molar-refractivity contribution >= 4 is 27.5 Å². The van der Waals surface area contributed by atoms with Gasteiger partial charge in [-0.05, 0) is 17.7 Å². The fourth-order valence-corrected chi connectivity index (χ4v) is 3.35. The quantitative estimate of drug-likeness (QED) is 0.780. The molecule has 108 valence electrons. The highest BCUT2D eigenvalue weighted by Crippen LogP contribution is 2.37. The molecule has 1 aromatic carbocycles. The molecule has 0 bridgehead atoms. The number of alkyl halides is 2. The number of amides is 1. The Bertz CT molecular complexity index is 567. The van der Waals surface area contributed by atoms with E-state index in [1.807, 2.05) is 17.0 Å². The minimum absolute atomic E-state index is 0.0279. The number of halogens is 3. The van der Waals surface area contributed by atoms with Crippen LogP contribution < -0.4 is 4.90 Å². The van der Waals surface area contributed by atoms with Gasteiger partial charge < -0.3 is 9.80 Å². The van der Waals surface area contributed by atoms with E-state index < -0.39 is 5.92 Å². The highest BCUT2D eigenvalue weighted by Gasteiger charge is 2.36. The Morgan fingerprint density at radius 2 is 1.90 bits per heavy atom. The van der Waals surface area contributed by atoms with Crippen LogP contribution in [0.2, 0.25) is 0 Å². The van der Waals surface area contributed by atoms with Crippen molar-refractivity contribution in [3.8, 4) is 0 Å². The molecular weight excluding hydrogens is 330 g/mol. The first-order valence-corrected chi connectivity index (χ1v) is 7.37. The lowest BCUT2D eigenvalue weighted by Gasteiger charge is -2.34. The second-order valence-corrected chi connectivity index (χ2v) is 6.38. The van der Waals surface area contributed by atoms with E-state index in [2.05, 4.69) is 15.9 Å². The average Bonchev–Trinajstić information content (AvgIpc) is 2.64. The monoisotopic (exact) mass is 344 g/mol. The van der Waals surface area contributed by atoms with E-state index in [0.717, 1.165) is 15.7 Å². The van der Waals surface area contributed by atoms with Crippen LogP contribution in [0.3, 0.4) is 0 Å². The second-order valence-electron chi connectivity index (χ2n) is 5.46. The Morgan fingerprint density at radius 3 is 2.55 bits per heavy atom. The number of hydrogen-bond acceptors (Lipinski definition) is 2. The van der Waals surface area contributed by atoms with Crippen molar-refractivity contribution in [3.05, 3.63) is 27.7 Å². The Kier molecular flexibility index (Phi) is 3.23. The lowest BCUT2D eigenvalue weighted by Crippen LogP contribution is -2.40. The molecule has 0 atom stereocenters. The van der Waals surface area contributed by atoms with E-state index in [9.17, 15) is 13.6 Å². The molecule has 2 aliphatic heterocycles. The van der Waals surface area contributed by atoms with Gasteiger partial charge in [0.25, 0.3) is 11.8 Å². The molecule has 0 aliphatic carbocycles. The van der Waals surface area contributed by atoms with E-state index in [1.54, 1.807) is 11.9 Å². The first kappa shape index (κ1) is 13.8. The molecule has 0 radical (unpaired) electrons. The maximum absolute atomic E-state index is 13.3. The Balaban J connectivity index is 1.97. The van der Waals surface area contributed by atoms with Crippen LogP contribution in [0.1, 0.15) is 28.8 Å². The molecule has 1 aromatic rings. The van der Waals surface area contributed by atoms with Crippen molar-refractivity contribution in [3.63, 3.8) is 0 Å². The van der Waals surface area contributed by atoms with Crippen LogP contribution in [0.4, 0.5) is 14.5 Å². The van der Waals surface area contributed by atoms with Gasteiger partial charge in [0.05, 0.1) is 11.3 Å². The summed E-state index contributed by atoms with van der Waals surface area (Å²) in [6, 6.07) is 3.79. The van der Waals surface area contributed by atoms with E-state index in [-0.39, 0.29) is 31.8 Å². The lowest BCUT2D eigenvalue weighted by atomic mass is 10.0. The molecule has 2 heterocycles. The SMILES string of the molecule is CN1Cc2cc(Br)cc(N3CCC(F)(F)CC3)c2C1=O. The van der Waals surface area contributed by atoms with Crippen LogP contribution in [0.5, 0.6) is 0 Å². The smallest absolute Gasteiger partial charge is 0.256 e. The zero-order valence-electron chi connectivity index (χ0n) is 11.1. The highest BCUT2D eigenvalue weighted by molar-refractivity contribution is 9.10. The van der Waals surface area contributed by atoms with Gasteiger partial charge in [-0.2, -0.15) is 0 Å². The van der Waals surface area contributed by atoms with Crippen LogP contribution in [0.15, 0.2) is 16.6 Å². The minimum atomic E-state index is -2.58. The van der Waals surface area contributed by atoms with Crippen molar-refractivity contribution in [1.29, 1.82) is 0 Å². The van der Waals surface area contributed by atoms with Crippen molar-refractivity contribution in [2.45, 2.75) is 25.3 Å². The van der Waals surface area contributed by atoms with E-state index in [1.165, 1.54) is 0 Å². The van der Waals surface area contributed by atoms with Gasteiger partial charge in [-0.25, -0.2) is 8.78 Å². The molecule has 3 rings (SSSR count). The van der Waals surface area contributed by atoms with Gasteiger partial charge in [0, 0.05) is 44.0 Å². The first-order chi connectivity index (χ1) is 9.37. The third kappa shape index (κ3) is 2.30. The van der Waals surface area contributed by atoms with E-state index in [0.29, 0.717) is 12.1 Å². The lowest BCUT2D eigenvalue weighted by molar-refractivity contribution is -0.0220. The summed E-state index contributed by atoms with van der Waals surface area (Å²) >= 11 is 3.44. The number of piperidine rings is 1. The highest BCUT2D eigenvalue weighted by atomic mass is 79.9. The van der Waals surface area contributed by atoms with Crippen molar-refractivity contribution < 1.29 is 13.6 Å². The zero-order valence-corrected chi connectivity index (χ0v) is 12.7. The predicted molar refractivity (Wildman–Crippen MR) is 76.3 cm³/mol. The number of fused-ring (bicyclic) bond motifs is 1. The fraction of sp³-hybridized carbons (Fsp3) is 0.500. The molecule has 0 unspecified atom stereocenters. The molecule has 1 saturated heterocycles. The second kappa shape index (κ2) is 4.69. The topological polar surface area (TPSA) is 23.6 Å². The molecule has 20 heavy (non-hydrogen) atoms. The summed E-state index contributed by atoms with van der Waals surface area (Å²) in [5, 5.41) is 0.